The molecule has 2 aromatic carbocycles. The first-order valence-corrected chi connectivity index (χ1v) is 9.11. The predicted octanol–water partition coefficient (Wildman–Crippen LogP) is 3.35. The minimum Gasteiger partial charge on any atom is -0.482 e. The third-order valence-electron chi connectivity index (χ3n) is 5.09. The molecule has 0 saturated heterocycles. The second kappa shape index (κ2) is 6.03. The maximum atomic E-state index is 13.0. The number of anilines is 1. The van der Waals surface area contributed by atoms with Gasteiger partial charge in [0.05, 0.1) is 5.69 Å². The molecule has 0 bridgehead atoms. The van der Waals surface area contributed by atoms with Crippen molar-refractivity contribution in [3.63, 3.8) is 0 Å². The molecule has 0 fully saturated rings. The number of halogens is 1. The first-order chi connectivity index (χ1) is 13.1. The fourth-order valence-corrected chi connectivity index (χ4v) is 3.92. The molecular weight excluding hydrogens is 366 g/mol. The summed E-state index contributed by atoms with van der Waals surface area (Å²) in [5, 5.41) is 4.48. The van der Waals surface area contributed by atoms with Crippen molar-refractivity contribution in [3.05, 3.63) is 58.2 Å². The Hall–Kier alpha value is -2.99. The Bertz CT molecular complexity index is 1110. The van der Waals surface area contributed by atoms with E-state index < -0.39 is 0 Å². The Labute approximate surface area is 160 Å². The summed E-state index contributed by atoms with van der Waals surface area (Å²) >= 11 is 6.15. The van der Waals surface area contributed by atoms with Gasteiger partial charge in [-0.25, -0.2) is 0 Å². The topological polar surface area (TPSA) is 74.4 Å². The van der Waals surface area contributed by atoms with Crippen LogP contribution in [0.5, 0.6) is 5.75 Å². The van der Waals surface area contributed by atoms with Gasteiger partial charge in [0.2, 0.25) is 0 Å². The summed E-state index contributed by atoms with van der Waals surface area (Å²) in [4.78, 5) is 29.7. The van der Waals surface area contributed by atoms with Gasteiger partial charge >= 0.3 is 0 Å². The van der Waals surface area contributed by atoms with Gasteiger partial charge in [-0.05, 0) is 36.4 Å². The number of fused-ring (bicyclic) bond motifs is 4. The summed E-state index contributed by atoms with van der Waals surface area (Å²) in [6.07, 6.45) is 0.769. The van der Waals surface area contributed by atoms with Crippen molar-refractivity contribution in [2.75, 3.05) is 18.5 Å². The van der Waals surface area contributed by atoms with Crippen molar-refractivity contribution in [1.82, 2.24) is 9.88 Å². The quantitative estimate of drug-likeness (QED) is 0.678. The van der Waals surface area contributed by atoms with E-state index in [4.69, 9.17) is 16.3 Å². The summed E-state index contributed by atoms with van der Waals surface area (Å²) in [7, 11) is 0. The van der Waals surface area contributed by atoms with Crippen LogP contribution in [0.1, 0.15) is 21.6 Å². The Balaban J connectivity index is 1.45. The van der Waals surface area contributed by atoms with Crippen molar-refractivity contribution >= 4 is 40.0 Å². The van der Waals surface area contributed by atoms with Gasteiger partial charge in [0.25, 0.3) is 11.8 Å². The van der Waals surface area contributed by atoms with Crippen LogP contribution in [-0.2, 0) is 17.8 Å². The Kier molecular flexibility index (Phi) is 3.62. The molecule has 0 unspecified atom stereocenters. The number of carbonyl (C=O) groups is 2. The van der Waals surface area contributed by atoms with E-state index in [2.05, 4.69) is 10.3 Å². The largest absolute Gasteiger partial charge is 0.482 e. The van der Waals surface area contributed by atoms with Crippen molar-refractivity contribution in [2.45, 2.75) is 13.0 Å². The van der Waals surface area contributed by atoms with E-state index >= 15 is 0 Å². The molecule has 0 aliphatic carbocycles. The van der Waals surface area contributed by atoms with Gasteiger partial charge in [-0.1, -0.05) is 11.6 Å². The van der Waals surface area contributed by atoms with E-state index in [1.165, 1.54) is 0 Å². The summed E-state index contributed by atoms with van der Waals surface area (Å²) in [5.74, 6) is 0.278. The molecule has 7 heteroatoms. The number of carbonyl (C=O) groups excluding carboxylic acids is 2. The zero-order chi connectivity index (χ0) is 18.5. The Morgan fingerprint density at radius 1 is 1.19 bits per heavy atom. The van der Waals surface area contributed by atoms with Crippen LogP contribution in [0.4, 0.5) is 5.69 Å². The van der Waals surface area contributed by atoms with Crippen molar-refractivity contribution in [3.8, 4) is 5.75 Å². The van der Waals surface area contributed by atoms with Gasteiger partial charge in [-0.3, -0.25) is 9.59 Å². The average Bonchev–Trinajstić information content (AvgIpc) is 3.04. The molecule has 3 aromatic rings. The van der Waals surface area contributed by atoms with Crippen LogP contribution < -0.4 is 10.1 Å². The fraction of sp³-hybridized carbons (Fsp3) is 0.200. The number of aromatic amines is 1. The summed E-state index contributed by atoms with van der Waals surface area (Å²) < 4.78 is 5.43. The third-order valence-corrected chi connectivity index (χ3v) is 5.32. The van der Waals surface area contributed by atoms with Crippen molar-refractivity contribution < 1.29 is 14.3 Å². The lowest BCUT2D eigenvalue weighted by molar-refractivity contribution is -0.118. The molecule has 6 nitrogen and oxygen atoms in total. The molecule has 1 aromatic heterocycles. The van der Waals surface area contributed by atoms with Gasteiger partial charge in [0, 0.05) is 52.3 Å². The molecule has 5 rings (SSSR count). The number of nitrogens with one attached hydrogen (secondary N) is 2. The van der Waals surface area contributed by atoms with Gasteiger partial charge in [-0.15, -0.1) is 0 Å². The second-order valence-electron chi connectivity index (χ2n) is 6.80. The molecule has 3 heterocycles. The monoisotopic (exact) mass is 381 g/mol. The predicted molar refractivity (Wildman–Crippen MR) is 102 cm³/mol. The zero-order valence-corrected chi connectivity index (χ0v) is 15.1. The van der Waals surface area contributed by atoms with Crippen LogP contribution in [0.25, 0.3) is 10.9 Å². The molecular formula is C20H16ClN3O3. The Morgan fingerprint density at radius 2 is 2.07 bits per heavy atom. The van der Waals surface area contributed by atoms with Crippen molar-refractivity contribution in [2.24, 2.45) is 0 Å². The van der Waals surface area contributed by atoms with Crippen LogP contribution in [0, 0.1) is 0 Å². The van der Waals surface area contributed by atoms with Crippen LogP contribution in [0.2, 0.25) is 5.02 Å². The van der Waals surface area contributed by atoms with Gasteiger partial charge in [0.1, 0.15) is 5.75 Å². The van der Waals surface area contributed by atoms with Crippen LogP contribution in [0.15, 0.2) is 36.4 Å². The van der Waals surface area contributed by atoms with E-state index in [0.717, 1.165) is 28.6 Å². The fourth-order valence-electron chi connectivity index (χ4n) is 3.75. The maximum Gasteiger partial charge on any atom is 0.262 e. The molecule has 2 aliphatic heterocycles. The molecule has 0 spiro atoms. The molecule has 0 atom stereocenters. The highest BCUT2D eigenvalue weighted by molar-refractivity contribution is 6.31. The lowest BCUT2D eigenvalue weighted by Gasteiger charge is -2.28. The van der Waals surface area contributed by atoms with Gasteiger partial charge in [-0.2, -0.15) is 0 Å². The van der Waals surface area contributed by atoms with Crippen LogP contribution in [-0.4, -0.2) is 34.8 Å². The molecule has 2 amide bonds. The molecule has 0 saturated carbocycles. The molecule has 2 N–H and O–H groups in total. The normalized spacial score (nSPS) is 15.7. The summed E-state index contributed by atoms with van der Waals surface area (Å²) in [6, 6.07) is 10.9. The molecule has 27 heavy (non-hydrogen) atoms. The van der Waals surface area contributed by atoms with E-state index in [0.29, 0.717) is 35.1 Å². The third kappa shape index (κ3) is 2.73. The number of H-pyrrole nitrogens is 1. The summed E-state index contributed by atoms with van der Waals surface area (Å²) in [6.45, 7) is 1.14. The number of benzene rings is 2. The SMILES string of the molecule is O=C1COc2cc(C(=O)N3CCc4[nH]c5ccc(Cl)cc5c4C3)ccc2N1. The van der Waals surface area contributed by atoms with E-state index in [9.17, 15) is 9.59 Å². The molecule has 0 radical (unpaired) electrons. The number of aromatic nitrogens is 1. The number of hydrogen-bond donors (Lipinski definition) is 2. The smallest absolute Gasteiger partial charge is 0.262 e. The van der Waals surface area contributed by atoms with Gasteiger partial charge < -0.3 is 19.9 Å². The van der Waals surface area contributed by atoms with Crippen molar-refractivity contribution in [1.29, 1.82) is 0 Å². The van der Waals surface area contributed by atoms with Crippen LogP contribution >= 0.6 is 11.6 Å². The molecule has 136 valence electrons. The number of ether oxygens (including phenoxy) is 1. The zero-order valence-electron chi connectivity index (χ0n) is 14.3. The second-order valence-corrected chi connectivity index (χ2v) is 7.23. The average molecular weight is 382 g/mol. The number of hydrogen-bond acceptors (Lipinski definition) is 3. The number of nitrogens with zero attached hydrogens (tertiary/aromatic N) is 1. The highest BCUT2D eigenvalue weighted by Crippen LogP contribution is 2.32. The number of rotatable bonds is 1. The Morgan fingerprint density at radius 3 is 2.96 bits per heavy atom. The maximum absolute atomic E-state index is 13.0. The van der Waals surface area contributed by atoms with E-state index in [1.807, 2.05) is 23.1 Å². The minimum atomic E-state index is -0.192. The standard InChI is InChI=1S/C20H16ClN3O3/c21-12-2-4-15-13(8-12)14-9-24(6-5-16(14)22-15)20(26)11-1-3-17-18(7-11)27-10-19(25)23-17/h1-4,7-8,22H,5-6,9-10H2,(H,23,25). The van der Waals surface area contributed by atoms with E-state index in [1.54, 1.807) is 18.2 Å². The minimum absolute atomic E-state index is 0.0339. The highest BCUT2D eigenvalue weighted by Gasteiger charge is 2.26. The van der Waals surface area contributed by atoms with Gasteiger partial charge in [0.15, 0.2) is 6.61 Å². The first kappa shape index (κ1) is 16.2. The number of amides is 2. The van der Waals surface area contributed by atoms with Crippen LogP contribution in [0.3, 0.4) is 0 Å². The van der Waals surface area contributed by atoms with E-state index in [-0.39, 0.29) is 18.4 Å². The molecule has 2 aliphatic rings. The summed E-state index contributed by atoms with van der Waals surface area (Å²) in [5.41, 5.74) is 4.46. The lowest BCUT2D eigenvalue weighted by atomic mass is 10.0. The highest BCUT2D eigenvalue weighted by atomic mass is 35.5. The first-order valence-electron chi connectivity index (χ1n) is 8.73. The lowest BCUT2D eigenvalue weighted by Crippen LogP contribution is -2.36.